The van der Waals surface area contributed by atoms with Crippen molar-refractivity contribution in [1.29, 1.82) is 5.26 Å². The van der Waals surface area contributed by atoms with E-state index in [4.69, 9.17) is 10.00 Å². The van der Waals surface area contributed by atoms with E-state index in [0.717, 1.165) is 19.3 Å². The van der Waals surface area contributed by atoms with Crippen molar-refractivity contribution < 1.29 is 9.53 Å². The number of carbonyl (C=O) groups excluding carboxylic acids is 1. The third-order valence-corrected chi connectivity index (χ3v) is 4.87. The first kappa shape index (κ1) is 12.6. The van der Waals surface area contributed by atoms with Gasteiger partial charge in [0.1, 0.15) is 0 Å². The number of thiophene rings is 1. The molecule has 0 N–H and O–H groups in total. The van der Waals surface area contributed by atoms with Gasteiger partial charge < -0.3 is 9.64 Å². The third-order valence-electron chi connectivity index (χ3n) is 3.87. The molecule has 0 saturated carbocycles. The lowest BCUT2D eigenvalue weighted by atomic mass is 9.86. The van der Waals surface area contributed by atoms with Crippen LogP contribution in [0.25, 0.3) is 0 Å². The molecule has 0 spiro atoms. The van der Waals surface area contributed by atoms with E-state index in [1.54, 1.807) is 16.2 Å². The van der Waals surface area contributed by atoms with Crippen LogP contribution in [0.5, 0.6) is 0 Å². The summed E-state index contributed by atoms with van der Waals surface area (Å²) < 4.78 is 5.30. The second-order valence-corrected chi connectivity index (χ2v) is 6.02. The predicted octanol–water partition coefficient (Wildman–Crippen LogP) is 1.92. The Morgan fingerprint density at radius 1 is 1.58 bits per heavy atom. The molecule has 0 aromatic carbocycles. The minimum atomic E-state index is -0.469. The topological polar surface area (TPSA) is 53.3 Å². The quantitative estimate of drug-likeness (QED) is 0.787. The Morgan fingerprint density at radius 3 is 3.32 bits per heavy atom. The van der Waals surface area contributed by atoms with E-state index in [1.165, 1.54) is 10.4 Å². The smallest absolute Gasteiger partial charge is 0.230 e. The first-order valence-electron chi connectivity index (χ1n) is 6.66. The third kappa shape index (κ3) is 2.38. The van der Waals surface area contributed by atoms with Crippen LogP contribution in [-0.4, -0.2) is 36.6 Å². The Bertz CT molecular complexity index is 520. The number of amides is 1. The Kier molecular flexibility index (Phi) is 3.54. The zero-order valence-corrected chi connectivity index (χ0v) is 11.5. The molecular formula is C14H16N2O2S. The first-order valence-corrected chi connectivity index (χ1v) is 7.54. The number of carbonyl (C=O) groups is 1. The average Bonchev–Trinajstić information content (AvgIpc) is 2.95. The van der Waals surface area contributed by atoms with Gasteiger partial charge >= 0.3 is 0 Å². The fourth-order valence-corrected chi connectivity index (χ4v) is 3.88. The van der Waals surface area contributed by atoms with Gasteiger partial charge in [0, 0.05) is 11.4 Å². The Hall–Kier alpha value is -1.38. The number of hydrogen-bond acceptors (Lipinski definition) is 4. The van der Waals surface area contributed by atoms with E-state index < -0.39 is 6.10 Å². The lowest BCUT2D eigenvalue weighted by Gasteiger charge is -2.33. The van der Waals surface area contributed by atoms with Gasteiger partial charge in [0.25, 0.3) is 0 Å². The number of rotatable bonds is 1. The molecule has 1 aromatic heterocycles. The molecule has 1 aromatic rings. The molecule has 0 radical (unpaired) electrons. The van der Waals surface area contributed by atoms with E-state index in [-0.39, 0.29) is 11.8 Å². The van der Waals surface area contributed by atoms with Crippen LogP contribution in [0.2, 0.25) is 0 Å². The van der Waals surface area contributed by atoms with Gasteiger partial charge in [0.05, 0.1) is 25.1 Å². The molecule has 4 nitrogen and oxygen atoms in total. The maximum Gasteiger partial charge on any atom is 0.230 e. The molecule has 1 amide bonds. The van der Waals surface area contributed by atoms with Gasteiger partial charge in [-0.05, 0) is 36.3 Å². The summed E-state index contributed by atoms with van der Waals surface area (Å²) >= 11 is 1.75. The highest BCUT2D eigenvalue weighted by molar-refractivity contribution is 7.10. The van der Waals surface area contributed by atoms with Crippen LogP contribution in [0.15, 0.2) is 11.4 Å². The molecule has 1 fully saturated rings. The summed E-state index contributed by atoms with van der Waals surface area (Å²) in [5.74, 6) is 0.162. The Morgan fingerprint density at radius 2 is 2.47 bits per heavy atom. The summed E-state index contributed by atoms with van der Waals surface area (Å²) in [4.78, 5) is 15.8. The van der Waals surface area contributed by atoms with Gasteiger partial charge in [0.15, 0.2) is 6.10 Å². The lowest BCUT2D eigenvalue weighted by Crippen LogP contribution is -2.47. The maximum absolute atomic E-state index is 12.6. The predicted molar refractivity (Wildman–Crippen MR) is 71.9 cm³/mol. The molecule has 2 aliphatic rings. The van der Waals surface area contributed by atoms with Crippen LogP contribution < -0.4 is 0 Å². The largest absolute Gasteiger partial charge is 0.360 e. The first-order chi connectivity index (χ1) is 9.29. The van der Waals surface area contributed by atoms with Gasteiger partial charge in [-0.1, -0.05) is 0 Å². The van der Waals surface area contributed by atoms with Crippen molar-refractivity contribution in [2.75, 3.05) is 19.7 Å². The summed E-state index contributed by atoms with van der Waals surface area (Å²) in [6.07, 6.45) is 2.64. The number of morpholine rings is 1. The van der Waals surface area contributed by atoms with Crippen LogP contribution >= 0.6 is 11.3 Å². The number of hydrogen-bond donors (Lipinski definition) is 0. The summed E-state index contributed by atoms with van der Waals surface area (Å²) in [6, 6.07) is 4.18. The van der Waals surface area contributed by atoms with E-state index in [2.05, 4.69) is 17.5 Å². The Balaban J connectivity index is 1.77. The molecule has 2 heterocycles. The molecule has 2 unspecified atom stereocenters. The molecule has 1 aliphatic heterocycles. The van der Waals surface area contributed by atoms with Crippen molar-refractivity contribution in [1.82, 2.24) is 4.90 Å². The maximum atomic E-state index is 12.6. The van der Waals surface area contributed by atoms with Crippen molar-refractivity contribution in [3.05, 3.63) is 21.9 Å². The molecule has 19 heavy (non-hydrogen) atoms. The lowest BCUT2D eigenvalue weighted by molar-refractivity contribution is -0.139. The van der Waals surface area contributed by atoms with Crippen LogP contribution in [0.1, 0.15) is 29.2 Å². The van der Waals surface area contributed by atoms with Crippen molar-refractivity contribution >= 4 is 17.2 Å². The second kappa shape index (κ2) is 5.32. The number of ether oxygens (including phenoxy) is 1. The van der Waals surface area contributed by atoms with Crippen LogP contribution in [0.3, 0.4) is 0 Å². The van der Waals surface area contributed by atoms with Gasteiger partial charge in [-0.2, -0.15) is 5.26 Å². The second-order valence-electron chi connectivity index (χ2n) is 5.02. The molecule has 1 aliphatic carbocycles. The normalized spacial score (nSPS) is 26.6. The van der Waals surface area contributed by atoms with Crippen molar-refractivity contribution in [2.24, 2.45) is 0 Å². The van der Waals surface area contributed by atoms with E-state index in [9.17, 15) is 4.79 Å². The molecule has 1 saturated heterocycles. The molecule has 100 valence electrons. The average molecular weight is 276 g/mol. The van der Waals surface area contributed by atoms with Gasteiger partial charge in [-0.15, -0.1) is 11.3 Å². The van der Waals surface area contributed by atoms with Gasteiger partial charge in [-0.25, -0.2) is 0 Å². The van der Waals surface area contributed by atoms with Gasteiger partial charge in [0.2, 0.25) is 5.91 Å². The zero-order valence-electron chi connectivity index (χ0n) is 10.7. The van der Waals surface area contributed by atoms with Crippen LogP contribution in [0.4, 0.5) is 0 Å². The number of fused-ring (bicyclic) bond motifs is 1. The highest BCUT2D eigenvalue weighted by Gasteiger charge is 2.33. The fourth-order valence-electron chi connectivity index (χ4n) is 2.89. The van der Waals surface area contributed by atoms with Gasteiger partial charge in [-0.3, -0.25) is 4.79 Å². The van der Waals surface area contributed by atoms with Crippen molar-refractivity contribution in [3.63, 3.8) is 0 Å². The minimum Gasteiger partial charge on any atom is -0.360 e. The summed E-state index contributed by atoms with van der Waals surface area (Å²) in [7, 11) is 0. The van der Waals surface area contributed by atoms with E-state index in [0.29, 0.717) is 19.7 Å². The number of nitriles is 1. The fraction of sp³-hybridized carbons (Fsp3) is 0.571. The van der Waals surface area contributed by atoms with E-state index in [1.807, 2.05) is 0 Å². The SMILES string of the molecule is N#CC1CN(C(=O)C2CCCc3sccc32)CCO1. The molecule has 0 bridgehead atoms. The number of nitrogens with zero attached hydrogens (tertiary/aromatic N) is 2. The van der Waals surface area contributed by atoms with Crippen LogP contribution in [-0.2, 0) is 16.0 Å². The molecular weight excluding hydrogens is 260 g/mol. The minimum absolute atomic E-state index is 0.00700. The number of aryl methyl sites for hydroxylation is 1. The van der Waals surface area contributed by atoms with Crippen molar-refractivity contribution in [2.45, 2.75) is 31.3 Å². The Labute approximate surface area is 116 Å². The summed E-state index contributed by atoms with van der Waals surface area (Å²) in [5, 5.41) is 11.0. The standard InChI is InChI=1S/C14H16N2O2S/c15-8-10-9-16(5-6-18-10)14(17)12-2-1-3-13-11(12)4-7-19-13/h4,7,10,12H,1-3,5-6,9H2. The van der Waals surface area contributed by atoms with Crippen molar-refractivity contribution in [3.8, 4) is 6.07 Å². The molecule has 2 atom stereocenters. The monoisotopic (exact) mass is 276 g/mol. The molecule has 3 rings (SSSR count). The van der Waals surface area contributed by atoms with E-state index >= 15 is 0 Å². The highest BCUT2D eigenvalue weighted by Crippen LogP contribution is 2.36. The zero-order chi connectivity index (χ0) is 13.2. The summed E-state index contributed by atoms with van der Waals surface area (Å²) in [6.45, 7) is 1.48. The van der Waals surface area contributed by atoms with Crippen LogP contribution in [0, 0.1) is 11.3 Å². The molecule has 5 heteroatoms. The highest BCUT2D eigenvalue weighted by atomic mass is 32.1. The summed E-state index contributed by atoms with van der Waals surface area (Å²) in [5.41, 5.74) is 1.21.